The lowest BCUT2D eigenvalue weighted by Crippen LogP contribution is -2.61. The Hall–Kier alpha value is -3.53. The second-order valence-electron chi connectivity index (χ2n) is 17.3. The first-order valence-electron chi connectivity index (χ1n) is 21.0. The maximum Gasteiger partial charge on any atom is 0.425 e. The number of amides is 1. The number of hydrazine groups is 1. The lowest BCUT2D eigenvalue weighted by molar-refractivity contribution is -0.295. The topological polar surface area (TPSA) is 166 Å². The number of cyclic esters (lactones) is 1. The normalized spacial score (nSPS) is 36.8. The number of hydrogen-bond donors (Lipinski definition) is 2. The summed E-state index contributed by atoms with van der Waals surface area (Å²) in [5.74, 6) is -4.98. The Morgan fingerprint density at radius 3 is 2.38 bits per heavy atom. The van der Waals surface area contributed by atoms with Crippen LogP contribution in [0.3, 0.4) is 0 Å². The molecule has 2 unspecified atom stereocenters. The largest absolute Gasteiger partial charge is 0.458 e. The summed E-state index contributed by atoms with van der Waals surface area (Å²) < 4.78 is 31.3. The molecule has 1 amide bonds. The highest BCUT2D eigenvalue weighted by Gasteiger charge is 2.61. The number of pyridine rings is 1. The molecule has 0 bridgehead atoms. The minimum absolute atomic E-state index is 0.123. The number of nitrogens with one attached hydrogen (secondary N) is 1. The third-order valence-corrected chi connectivity index (χ3v) is 13.0. The molecule has 13 atom stereocenters. The van der Waals surface area contributed by atoms with Crippen molar-refractivity contribution in [3.05, 3.63) is 42.1 Å². The number of carbonyl (C=O) groups is 4. The minimum atomic E-state index is -1.45. The van der Waals surface area contributed by atoms with Gasteiger partial charge in [0.15, 0.2) is 17.7 Å². The summed E-state index contributed by atoms with van der Waals surface area (Å²) in [7, 11) is 5.25. The van der Waals surface area contributed by atoms with Crippen LogP contribution in [0.25, 0.3) is 10.9 Å². The SMILES string of the molecule is CCC1C(=O)[C@H](C)C[C@](C)(OC)[C@H](O[C@@H]2O[C@H](C)C[C@H](N(C)C)[C@H]2O)[C@@H](C)C(=O)[C@@H](C)C(=O)O[C@H](CC)[C@@]2(C)OC(=O)N(NCCCc3ccnc4ccccc34)C12. The van der Waals surface area contributed by atoms with Gasteiger partial charge in [-0.05, 0) is 98.0 Å². The van der Waals surface area contributed by atoms with Crippen molar-refractivity contribution in [3.63, 3.8) is 0 Å². The Bertz CT molecular complexity index is 1770. The number of para-hydroxylation sites is 1. The van der Waals surface area contributed by atoms with Crippen molar-refractivity contribution in [3.8, 4) is 0 Å². The van der Waals surface area contributed by atoms with Crippen molar-refractivity contribution in [1.29, 1.82) is 0 Å². The van der Waals surface area contributed by atoms with Crippen LogP contribution in [-0.4, -0.2) is 125 Å². The maximum atomic E-state index is 14.9. The highest BCUT2D eigenvalue weighted by Crippen LogP contribution is 2.43. The molecule has 2 N–H and O–H groups in total. The molecule has 3 saturated heterocycles. The Labute approximate surface area is 343 Å². The molecule has 4 heterocycles. The number of ether oxygens (including phenoxy) is 5. The number of methoxy groups -OCH3 is 1. The van der Waals surface area contributed by atoms with E-state index in [0.29, 0.717) is 32.2 Å². The van der Waals surface area contributed by atoms with Crippen LogP contribution in [0.2, 0.25) is 0 Å². The molecule has 3 aliphatic rings. The van der Waals surface area contributed by atoms with Gasteiger partial charge in [0.2, 0.25) is 0 Å². The number of likely N-dealkylation sites (N-methyl/N-ethyl adjacent to an activating group) is 1. The van der Waals surface area contributed by atoms with E-state index >= 15 is 0 Å². The summed E-state index contributed by atoms with van der Waals surface area (Å²) >= 11 is 0. The molecule has 1 aromatic heterocycles. The molecule has 0 saturated carbocycles. The molecule has 1 aromatic carbocycles. The quantitative estimate of drug-likeness (QED) is 0.172. The van der Waals surface area contributed by atoms with Gasteiger partial charge in [0.1, 0.15) is 30.0 Å². The van der Waals surface area contributed by atoms with Crippen LogP contribution in [-0.2, 0) is 44.5 Å². The third kappa shape index (κ3) is 9.12. The van der Waals surface area contributed by atoms with E-state index in [-0.39, 0.29) is 30.8 Å². The van der Waals surface area contributed by atoms with Crippen molar-refractivity contribution in [1.82, 2.24) is 20.3 Å². The first kappa shape index (κ1) is 45.6. The molecule has 14 nitrogen and oxygen atoms in total. The van der Waals surface area contributed by atoms with Crippen molar-refractivity contribution in [2.45, 2.75) is 148 Å². The van der Waals surface area contributed by atoms with Gasteiger partial charge in [-0.3, -0.25) is 19.4 Å². The van der Waals surface area contributed by atoms with Gasteiger partial charge in [-0.25, -0.2) is 15.2 Å². The predicted molar refractivity (Wildman–Crippen MR) is 217 cm³/mol. The summed E-state index contributed by atoms with van der Waals surface area (Å²) in [4.78, 5) is 63.6. The maximum absolute atomic E-state index is 14.9. The number of aliphatic hydroxyl groups excluding tert-OH is 1. The van der Waals surface area contributed by atoms with Gasteiger partial charge < -0.3 is 33.7 Å². The van der Waals surface area contributed by atoms with E-state index in [1.807, 2.05) is 77.0 Å². The summed E-state index contributed by atoms with van der Waals surface area (Å²) in [5.41, 5.74) is 2.61. The van der Waals surface area contributed by atoms with E-state index in [4.69, 9.17) is 23.7 Å². The average Bonchev–Trinajstić information content (AvgIpc) is 3.45. The molecule has 14 heteroatoms. The van der Waals surface area contributed by atoms with E-state index in [0.717, 1.165) is 16.5 Å². The average molecular weight is 811 g/mol. The molecule has 322 valence electrons. The molecule has 3 aliphatic heterocycles. The van der Waals surface area contributed by atoms with Gasteiger partial charge >= 0.3 is 12.1 Å². The van der Waals surface area contributed by atoms with E-state index in [1.54, 1.807) is 27.0 Å². The van der Waals surface area contributed by atoms with Crippen LogP contribution in [0, 0.1) is 23.7 Å². The molecule has 0 spiro atoms. The summed E-state index contributed by atoms with van der Waals surface area (Å²) in [6, 6.07) is 8.79. The molecule has 2 aromatic rings. The fourth-order valence-corrected chi connectivity index (χ4v) is 9.58. The zero-order chi connectivity index (χ0) is 42.7. The Balaban J connectivity index is 1.49. The fraction of sp³-hybridized carbons (Fsp3) is 0.705. The van der Waals surface area contributed by atoms with Gasteiger partial charge in [0.25, 0.3) is 0 Å². The molecule has 3 fully saturated rings. The second kappa shape index (κ2) is 18.8. The van der Waals surface area contributed by atoms with Crippen LogP contribution in [0.1, 0.15) is 93.1 Å². The zero-order valence-electron chi connectivity index (χ0n) is 36.2. The van der Waals surface area contributed by atoms with E-state index in [9.17, 15) is 24.3 Å². The van der Waals surface area contributed by atoms with Gasteiger partial charge in [0.05, 0.1) is 23.3 Å². The Morgan fingerprint density at radius 2 is 1.72 bits per heavy atom. The van der Waals surface area contributed by atoms with E-state index in [1.165, 1.54) is 19.0 Å². The number of carbonyl (C=O) groups excluding carboxylic acids is 4. The minimum Gasteiger partial charge on any atom is -0.458 e. The van der Waals surface area contributed by atoms with Crippen molar-refractivity contribution in [2.75, 3.05) is 27.7 Å². The van der Waals surface area contributed by atoms with Crippen molar-refractivity contribution >= 4 is 34.5 Å². The standard InChI is InChI=1S/C44H66N4O10/c1-12-30-35(49)25(3)24-43(7,54-11)39(57-41-37(51)33(47(9)10)23-26(4)55-41)27(5)36(50)28(6)40(52)56-34(13-2)44(8)38(30)48(42(53)58-44)46-21-16-17-29-20-22-45-32-19-15-14-18-31(29)32/h14-15,18-20,22,25-28,30,33-34,37-39,41,46,51H,12-13,16-17,21,23-24H2,1-11H3/t25-,26-,27+,28-,30?,33+,34-,37-,38?,39-,41+,43+,44-/m1/s1. The van der Waals surface area contributed by atoms with Crippen LogP contribution >= 0.6 is 0 Å². The lowest BCUT2D eigenvalue weighted by Gasteiger charge is -2.47. The van der Waals surface area contributed by atoms with Gasteiger partial charge in [-0.15, -0.1) is 0 Å². The third-order valence-electron chi connectivity index (χ3n) is 13.0. The van der Waals surface area contributed by atoms with Crippen molar-refractivity contribution < 1.29 is 48.0 Å². The molecule has 0 radical (unpaired) electrons. The van der Waals surface area contributed by atoms with E-state index < -0.39 is 83.4 Å². The number of ketones is 2. The lowest BCUT2D eigenvalue weighted by atomic mass is 9.72. The molecule has 5 rings (SSSR count). The molecule has 58 heavy (non-hydrogen) atoms. The molecular formula is C44H66N4O10. The number of benzene rings is 1. The number of fused-ring (bicyclic) bond motifs is 2. The number of rotatable bonds is 11. The predicted octanol–water partition coefficient (Wildman–Crippen LogP) is 5.27. The number of aliphatic hydroxyl groups is 1. The number of esters is 1. The van der Waals surface area contributed by atoms with Crippen LogP contribution in [0.15, 0.2) is 36.5 Å². The molecular weight excluding hydrogens is 745 g/mol. The van der Waals surface area contributed by atoms with Crippen LogP contribution < -0.4 is 5.43 Å². The summed E-state index contributed by atoms with van der Waals surface area (Å²) in [5, 5.41) is 13.9. The van der Waals surface area contributed by atoms with Gasteiger partial charge in [0, 0.05) is 49.0 Å². The second-order valence-corrected chi connectivity index (χ2v) is 17.3. The van der Waals surface area contributed by atoms with Crippen LogP contribution in [0.4, 0.5) is 4.79 Å². The smallest absolute Gasteiger partial charge is 0.425 e. The Morgan fingerprint density at radius 1 is 1.02 bits per heavy atom. The first-order chi connectivity index (χ1) is 27.4. The number of nitrogens with zero attached hydrogens (tertiary/aromatic N) is 3. The number of aryl methyl sites for hydroxylation is 1. The fourth-order valence-electron chi connectivity index (χ4n) is 9.58. The number of Topliss-reactive ketones (excluding diaryl/α,β-unsaturated/α-hetero) is 2. The number of hydrogen-bond acceptors (Lipinski definition) is 13. The highest BCUT2D eigenvalue weighted by atomic mass is 16.7. The number of aromatic nitrogens is 1. The first-order valence-corrected chi connectivity index (χ1v) is 21.0. The van der Waals surface area contributed by atoms with Crippen LogP contribution in [0.5, 0.6) is 0 Å². The van der Waals surface area contributed by atoms with Gasteiger partial charge in [-0.1, -0.05) is 45.9 Å². The highest BCUT2D eigenvalue weighted by molar-refractivity contribution is 6.00. The monoisotopic (exact) mass is 810 g/mol. The van der Waals surface area contributed by atoms with Crippen molar-refractivity contribution in [2.24, 2.45) is 23.7 Å². The van der Waals surface area contributed by atoms with Gasteiger partial charge in [-0.2, -0.15) is 0 Å². The summed E-state index contributed by atoms with van der Waals surface area (Å²) in [6.07, 6.45) is -0.689. The van der Waals surface area contributed by atoms with E-state index in [2.05, 4.69) is 10.4 Å². The summed E-state index contributed by atoms with van der Waals surface area (Å²) in [6.45, 7) is 14.5. The molecule has 0 aliphatic carbocycles. The zero-order valence-corrected chi connectivity index (χ0v) is 36.2. The Kier molecular flexibility index (Phi) is 14.8.